The number of anilines is 1. The SMILES string of the molecule is Cc1cc(/C=C/c2cc[n+](C)cc2)ccc1N(C)C. The van der Waals surface area contributed by atoms with Gasteiger partial charge >= 0.3 is 0 Å². The van der Waals surface area contributed by atoms with E-state index in [0.717, 1.165) is 0 Å². The predicted octanol–water partition coefficient (Wildman–Crippen LogP) is 3.06. The molecule has 0 amide bonds. The van der Waals surface area contributed by atoms with Crippen molar-refractivity contribution in [1.82, 2.24) is 0 Å². The lowest BCUT2D eigenvalue weighted by atomic mass is 10.1. The Bertz CT molecular complexity index is 581. The van der Waals surface area contributed by atoms with Crippen molar-refractivity contribution >= 4 is 17.8 Å². The van der Waals surface area contributed by atoms with Crippen LogP contribution in [0.5, 0.6) is 0 Å². The van der Waals surface area contributed by atoms with E-state index in [2.05, 4.69) is 80.8 Å². The Labute approximate surface area is 115 Å². The van der Waals surface area contributed by atoms with Crippen LogP contribution in [-0.2, 0) is 7.05 Å². The first-order valence-corrected chi connectivity index (χ1v) is 6.47. The summed E-state index contributed by atoms with van der Waals surface area (Å²) in [4.78, 5) is 2.14. The molecule has 0 unspecified atom stereocenters. The van der Waals surface area contributed by atoms with Gasteiger partial charge in [0.25, 0.3) is 0 Å². The number of rotatable bonds is 3. The zero-order valence-corrected chi connectivity index (χ0v) is 12.1. The normalized spacial score (nSPS) is 10.9. The topological polar surface area (TPSA) is 7.12 Å². The number of pyridine rings is 1. The molecular weight excluding hydrogens is 232 g/mol. The molecule has 0 bridgehead atoms. The van der Waals surface area contributed by atoms with Crippen LogP contribution in [-0.4, -0.2) is 14.1 Å². The molecule has 98 valence electrons. The average Bonchev–Trinajstić information content (AvgIpc) is 2.37. The van der Waals surface area contributed by atoms with Crippen LogP contribution in [0.1, 0.15) is 16.7 Å². The van der Waals surface area contributed by atoms with Gasteiger partial charge in [-0.2, -0.15) is 0 Å². The third kappa shape index (κ3) is 3.44. The highest BCUT2D eigenvalue weighted by molar-refractivity contribution is 5.71. The lowest BCUT2D eigenvalue weighted by Crippen LogP contribution is -2.25. The smallest absolute Gasteiger partial charge is 0.169 e. The van der Waals surface area contributed by atoms with Gasteiger partial charge in [0.2, 0.25) is 0 Å². The average molecular weight is 253 g/mol. The van der Waals surface area contributed by atoms with Crippen LogP contribution >= 0.6 is 0 Å². The van der Waals surface area contributed by atoms with E-state index in [4.69, 9.17) is 0 Å². The molecule has 0 aliphatic carbocycles. The predicted molar refractivity (Wildman–Crippen MR) is 82.1 cm³/mol. The number of benzene rings is 1. The van der Waals surface area contributed by atoms with Crippen molar-refractivity contribution in [3.8, 4) is 0 Å². The zero-order chi connectivity index (χ0) is 13.8. The van der Waals surface area contributed by atoms with Crippen LogP contribution in [0, 0.1) is 6.92 Å². The van der Waals surface area contributed by atoms with Gasteiger partial charge in [0.1, 0.15) is 7.05 Å². The minimum Gasteiger partial charge on any atom is -0.377 e. The van der Waals surface area contributed by atoms with Crippen molar-refractivity contribution < 1.29 is 4.57 Å². The summed E-state index contributed by atoms with van der Waals surface area (Å²) in [5, 5.41) is 0. The lowest BCUT2D eigenvalue weighted by molar-refractivity contribution is -0.671. The van der Waals surface area contributed by atoms with Gasteiger partial charge < -0.3 is 4.90 Å². The largest absolute Gasteiger partial charge is 0.377 e. The fourth-order valence-electron chi connectivity index (χ4n) is 2.10. The van der Waals surface area contributed by atoms with Gasteiger partial charge in [-0.15, -0.1) is 0 Å². The van der Waals surface area contributed by atoms with Gasteiger partial charge in [-0.25, -0.2) is 4.57 Å². The van der Waals surface area contributed by atoms with E-state index in [0.29, 0.717) is 0 Å². The minimum absolute atomic E-state index is 1.22. The van der Waals surface area contributed by atoms with Gasteiger partial charge in [-0.3, -0.25) is 0 Å². The van der Waals surface area contributed by atoms with E-state index in [9.17, 15) is 0 Å². The first-order valence-electron chi connectivity index (χ1n) is 6.47. The van der Waals surface area contributed by atoms with Crippen molar-refractivity contribution in [2.75, 3.05) is 19.0 Å². The molecule has 0 atom stereocenters. The first-order chi connectivity index (χ1) is 9.06. The number of hydrogen-bond donors (Lipinski definition) is 0. The summed E-state index contributed by atoms with van der Waals surface area (Å²) < 4.78 is 2.04. The highest BCUT2D eigenvalue weighted by Gasteiger charge is 2.00. The third-order valence-corrected chi connectivity index (χ3v) is 3.18. The Morgan fingerprint density at radius 3 is 2.16 bits per heavy atom. The Balaban J connectivity index is 2.19. The molecule has 1 aromatic carbocycles. The van der Waals surface area contributed by atoms with Crippen molar-refractivity contribution in [3.63, 3.8) is 0 Å². The van der Waals surface area contributed by atoms with Gasteiger partial charge in [-0.05, 0) is 35.7 Å². The van der Waals surface area contributed by atoms with E-state index in [1.165, 1.54) is 22.4 Å². The zero-order valence-electron chi connectivity index (χ0n) is 12.1. The molecular formula is C17H21N2+. The quantitative estimate of drug-likeness (QED) is 0.763. The molecule has 0 fully saturated rings. The molecule has 0 N–H and O–H groups in total. The summed E-state index contributed by atoms with van der Waals surface area (Å²) in [6.07, 6.45) is 8.41. The molecule has 2 rings (SSSR count). The summed E-state index contributed by atoms with van der Waals surface area (Å²) in [6.45, 7) is 2.15. The molecule has 0 radical (unpaired) electrons. The number of aryl methyl sites for hydroxylation is 2. The molecule has 0 saturated carbocycles. The molecule has 1 heterocycles. The molecule has 0 aliphatic rings. The van der Waals surface area contributed by atoms with Crippen LogP contribution in [0.2, 0.25) is 0 Å². The fraction of sp³-hybridized carbons (Fsp3) is 0.235. The molecule has 2 aromatic rings. The molecule has 0 spiro atoms. The summed E-state index contributed by atoms with van der Waals surface area (Å²) in [7, 11) is 6.17. The van der Waals surface area contributed by atoms with Crippen LogP contribution in [0.15, 0.2) is 42.7 Å². The van der Waals surface area contributed by atoms with Gasteiger partial charge in [0.05, 0.1) is 0 Å². The number of hydrogen-bond acceptors (Lipinski definition) is 1. The van der Waals surface area contributed by atoms with Crippen LogP contribution in [0.3, 0.4) is 0 Å². The Kier molecular flexibility index (Phi) is 4.00. The summed E-state index contributed by atoms with van der Waals surface area (Å²) in [5.74, 6) is 0. The van der Waals surface area contributed by atoms with E-state index >= 15 is 0 Å². The van der Waals surface area contributed by atoms with Crippen LogP contribution < -0.4 is 9.47 Å². The molecule has 19 heavy (non-hydrogen) atoms. The van der Waals surface area contributed by atoms with Crippen LogP contribution in [0.4, 0.5) is 5.69 Å². The molecule has 1 aromatic heterocycles. The highest BCUT2D eigenvalue weighted by Crippen LogP contribution is 2.20. The Morgan fingerprint density at radius 2 is 1.58 bits per heavy atom. The van der Waals surface area contributed by atoms with Gasteiger partial charge in [0.15, 0.2) is 12.4 Å². The highest BCUT2D eigenvalue weighted by atomic mass is 15.1. The second-order valence-corrected chi connectivity index (χ2v) is 5.07. The Hall–Kier alpha value is -2.09. The second kappa shape index (κ2) is 5.70. The number of nitrogens with zero attached hydrogens (tertiary/aromatic N) is 2. The van der Waals surface area contributed by atoms with Gasteiger partial charge in [-0.1, -0.05) is 18.2 Å². The van der Waals surface area contributed by atoms with Crippen molar-refractivity contribution in [2.45, 2.75) is 6.92 Å². The molecule has 2 nitrogen and oxygen atoms in total. The summed E-state index contributed by atoms with van der Waals surface area (Å²) in [6, 6.07) is 10.8. The summed E-state index contributed by atoms with van der Waals surface area (Å²) in [5.41, 5.74) is 5.01. The first kappa shape index (κ1) is 13.3. The van der Waals surface area contributed by atoms with E-state index in [1.807, 2.05) is 11.6 Å². The van der Waals surface area contributed by atoms with E-state index < -0.39 is 0 Å². The number of aromatic nitrogens is 1. The maximum absolute atomic E-state index is 2.22. The second-order valence-electron chi connectivity index (χ2n) is 5.07. The maximum Gasteiger partial charge on any atom is 0.169 e. The van der Waals surface area contributed by atoms with E-state index in [-0.39, 0.29) is 0 Å². The van der Waals surface area contributed by atoms with Crippen LogP contribution in [0.25, 0.3) is 12.2 Å². The third-order valence-electron chi connectivity index (χ3n) is 3.18. The van der Waals surface area contributed by atoms with Gasteiger partial charge in [0, 0.05) is 31.9 Å². The van der Waals surface area contributed by atoms with E-state index in [1.54, 1.807) is 0 Å². The monoisotopic (exact) mass is 253 g/mol. The molecule has 0 aliphatic heterocycles. The molecule has 0 saturated heterocycles. The maximum atomic E-state index is 2.22. The Morgan fingerprint density at radius 1 is 0.947 bits per heavy atom. The van der Waals surface area contributed by atoms with Crippen molar-refractivity contribution in [2.24, 2.45) is 7.05 Å². The fourth-order valence-corrected chi connectivity index (χ4v) is 2.10. The van der Waals surface area contributed by atoms with Crippen molar-refractivity contribution in [3.05, 3.63) is 59.4 Å². The standard InChI is InChI=1S/C17H21N2/c1-14-13-16(7-8-17(14)18(2)3)6-5-15-9-11-19(4)12-10-15/h5-13H,1-4H3/q+1. The summed E-state index contributed by atoms with van der Waals surface area (Å²) >= 11 is 0. The molecule has 2 heteroatoms. The van der Waals surface area contributed by atoms with Crippen molar-refractivity contribution in [1.29, 1.82) is 0 Å². The lowest BCUT2D eigenvalue weighted by Gasteiger charge is -2.15. The minimum atomic E-state index is 1.22.